The van der Waals surface area contributed by atoms with Crippen molar-refractivity contribution in [2.75, 3.05) is 12.3 Å². The van der Waals surface area contributed by atoms with Crippen molar-refractivity contribution in [3.8, 4) is 0 Å². The first-order chi connectivity index (χ1) is 13.0. The van der Waals surface area contributed by atoms with Gasteiger partial charge in [-0.15, -0.1) is 11.3 Å². The average molecular weight is 402 g/mol. The van der Waals surface area contributed by atoms with E-state index in [1.807, 2.05) is 29.6 Å². The first-order valence-corrected chi connectivity index (χ1v) is 10.8. The van der Waals surface area contributed by atoms with Gasteiger partial charge in [-0.25, -0.2) is 4.98 Å². The van der Waals surface area contributed by atoms with Gasteiger partial charge < -0.3 is 5.32 Å². The van der Waals surface area contributed by atoms with Crippen LogP contribution >= 0.6 is 23.1 Å². The van der Waals surface area contributed by atoms with Crippen molar-refractivity contribution in [1.82, 2.24) is 14.9 Å². The highest BCUT2D eigenvalue weighted by Gasteiger charge is 2.14. The van der Waals surface area contributed by atoms with Crippen molar-refractivity contribution < 1.29 is 4.79 Å². The smallest absolute Gasteiger partial charge is 0.262 e. The van der Waals surface area contributed by atoms with Crippen molar-refractivity contribution in [3.63, 3.8) is 0 Å². The van der Waals surface area contributed by atoms with Gasteiger partial charge in [0.2, 0.25) is 5.91 Å². The summed E-state index contributed by atoms with van der Waals surface area (Å²) in [6, 6.07) is 11.4. The van der Waals surface area contributed by atoms with Crippen LogP contribution in [0.1, 0.15) is 18.7 Å². The van der Waals surface area contributed by atoms with E-state index in [0.717, 1.165) is 6.42 Å². The number of carbonyl (C=O) groups excluding carboxylic acids is 1. The first kappa shape index (κ1) is 19.6. The molecule has 0 bridgehead atoms. The Kier molecular flexibility index (Phi) is 6.68. The molecule has 1 N–H and O–H groups in total. The van der Waals surface area contributed by atoms with Crippen LogP contribution in [-0.2, 0) is 17.8 Å². The molecule has 3 rings (SSSR count). The molecule has 5 nitrogen and oxygen atoms in total. The number of para-hydroxylation sites is 1. The van der Waals surface area contributed by atoms with Gasteiger partial charge in [0, 0.05) is 18.0 Å². The molecule has 3 aromatic rings. The standard InChI is InChI=1S/C20H23N3O2S2/c1-14(2)12-23-19(25)16-7-3-4-8-17(16)22-20(23)27-13-18(24)21-10-9-15-6-5-11-26-15/h3-8,11,14H,9-10,12-13H2,1-2H3,(H,21,24). The Balaban J connectivity index is 1.69. The van der Waals surface area contributed by atoms with E-state index < -0.39 is 0 Å². The summed E-state index contributed by atoms with van der Waals surface area (Å²) in [4.78, 5) is 30.9. The van der Waals surface area contributed by atoms with E-state index in [4.69, 9.17) is 0 Å². The molecule has 0 aliphatic heterocycles. The fourth-order valence-electron chi connectivity index (χ4n) is 2.75. The monoisotopic (exact) mass is 401 g/mol. The van der Waals surface area contributed by atoms with Gasteiger partial charge in [-0.3, -0.25) is 14.2 Å². The molecule has 0 unspecified atom stereocenters. The number of carbonyl (C=O) groups is 1. The third-order valence-electron chi connectivity index (χ3n) is 3.98. The zero-order chi connectivity index (χ0) is 19.2. The molecule has 2 heterocycles. The average Bonchev–Trinajstić information content (AvgIpc) is 3.16. The predicted octanol–water partition coefficient (Wildman–Crippen LogP) is 3.57. The summed E-state index contributed by atoms with van der Waals surface area (Å²) in [6.45, 7) is 5.32. The summed E-state index contributed by atoms with van der Waals surface area (Å²) < 4.78 is 1.69. The third-order valence-corrected chi connectivity index (χ3v) is 5.89. The van der Waals surface area contributed by atoms with Crippen LogP contribution in [0.5, 0.6) is 0 Å². The van der Waals surface area contributed by atoms with Gasteiger partial charge in [-0.2, -0.15) is 0 Å². The number of aromatic nitrogens is 2. The fourth-order valence-corrected chi connectivity index (χ4v) is 4.29. The molecule has 0 aliphatic carbocycles. The Morgan fingerprint density at radius 2 is 2.07 bits per heavy atom. The molecule has 0 atom stereocenters. The lowest BCUT2D eigenvalue weighted by Crippen LogP contribution is -2.29. The summed E-state index contributed by atoms with van der Waals surface area (Å²) in [5, 5.41) is 6.18. The minimum Gasteiger partial charge on any atom is -0.355 e. The second-order valence-corrected chi connectivity index (χ2v) is 8.66. The molecule has 0 fully saturated rings. The van der Waals surface area contributed by atoms with Crippen molar-refractivity contribution in [3.05, 3.63) is 57.0 Å². The van der Waals surface area contributed by atoms with Gasteiger partial charge in [-0.05, 0) is 35.9 Å². The molecular weight excluding hydrogens is 378 g/mol. The van der Waals surface area contributed by atoms with E-state index in [-0.39, 0.29) is 17.2 Å². The summed E-state index contributed by atoms with van der Waals surface area (Å²) in [5.41, 5.74) is 0.623. The van der Waals surface area contributed by atoms with Crippen LogP contribution in [0, 0.1) is 5.92 Å². The minimum absolute atomic E-state index is 0.0462. The summed E-state index contributed by atoms with van der Waals surface area (Å²) in [7, 11) is 0. The van der Waals surface area contributed by atoms with Crippen LogP contribution in [0.25, 0.3) is 10.9 Å². The van der Waals surface area contributed by atoms with E-state index in [2.05, 4.69) is 30.2 Å². The number of benzene rings is 1. The second kappa shape index (κ2) is 9.19. The Morgan fingerprint density at radius 1 is 1.26 bits per heavy atom. The van der Waals surface area contributed by atoms with E-state index >= 15 is 0 Å². The molecule has 0 saturated carbocycles. The first-order valence-electron chi connectivity index (χ1n) is 8.96. The van der Waals surface area contributed by atoms with Crippen molar-refractivity contribution >= 4 is 39.9 Å². The Morgan fingerprint density at radius 3 is 2.81 bits per heavy atom. The molecule has 1 amide bonds. The van der Waals surface area contributed by atoms with Gasteiger partial charge in [-0.1, -0.05) is 43.8 Å². The number of rotatable bonds is 8. The highest BCUT2D eigenvalue weighted by atomic mass is 32.2. The van der Waals surface area contributed by atoms with E-state index in [9.17, 15) is 9.59 Å². The van der Waals surface area contributed by atoms with E-state index in [0.29, 0.717) is 35.1 Å². The zero-order valence-corrected chi connectivity index (χ0v) is 17.1. The number of nitrogens with zero attached hydrogens (tertiary/aromatic N) is 2. The van der Waals surface area contributed by atoms with Crippen LogP contribution < -0.4 is 10.9 Å². The molecule has 0 spiro atoms. The lowest BCUT2D eigenvalue weighted by atomic mass is 10.2. The van der Waals surface area contributed by atoms with Crippen LogP contribution in [0.3, 0.4) is 0 Å². The molecule has 7 heteroatoms. The number of amides is 1. The largest absolute Gasteiger partial charge is 0.355 e. The van der Waals surface area contributed by atoms with Crippen LogP contribution in [0.15, 0.2) is 51.7 Å². The molecule has 0 aliphatic rings. The van der Waals surface area contributed by atoms with Gasteiger partial charge in [0.15, 0.2) is 5.16 Å². The number of thioether (sulfide) groups is 1. The molecule has 27 heavy (non-hydrogen) atoms. The maximum absolute atomic E-state index is 12.8. The Bertz CT molecular complexity index is 965. The van der Waals surface area contributed by atoms with E-state index in [1.54, 1.807) is 22.0 Å². The number of hydrogen-bond acceptors (Lipinski definition) is 5. The van der Waals surface area contributed by atoms with E-state index in [1.165, 1.54) is 16.6 Å². The zero-order valence-electron chi connectivity index (χ0n) is 15.5. The molecule has 1 aromatic carbocycles. The van der Waals surface area contributed by atoms with Crippen molar-refractivity contribution in [2.45, 2.75) is 32.0 Å². The maximum atomic E-state index is 12.8. The highest BCUT2D eigenvalue weighted by molar-refractivity contribution is 7.99. The molecule has 2 aromatic heterocycles. The lowest BCUT2D eigenvalue weighted by Gasteiger charge is -2.14. The molecular formula is C20H23N3O2S2. The summed E-state index contributed by atoms with van der Waals surface area (Å²) in [5.74, 6) is 0.507. The predicted molar refractivity (Wildman–Crippen MR) is 113 cm³/mol. The fraction of sp³-hybridized carbons (Fsp3) is 0.350. The number of hydrogen-bond donors (Lipinski definition) is 1. The third kappa shape index (κ3) is 5.20. The maximum Gasteiger partial charge on any atom is 0.262 e. The topological polar surface area (TPSA) is 64.0 Å². The quantitative estimate of drug-likeness (QED) is 0.463. The second-order valence-electron chi connectivity index (χ2n) is 6.69. The summed E-state index contributed by atoms with van der Waals surface area (Å²) >= 11 is 3.01. The van der Waals surface area contributed by atoms with Crippen molar-refractivity contribution in [1.29, 1.82) is 0 Å². The number of fused-ring (bicyclic) bond motifs is 1. The van der Waals surface area contributed by atoms with Gasteiger partial charge in [0.25, 0.3) is 5.56 Å². The SMILES string of the molecule is CC(C)Cn1c(SCC(=O)NCCc2cccs2)nc2ccccc2c1=O. The number of nitrogens with one attached hydrogen (secondary N) is 1. The highest BCUT2D eigenvalue weighted by Crippen LogP contribution is 2.18. The minimum atomic E-state index is -0.0464. The molecule has 142 valence electrons. The van der Waals surface area contributed by atoms with Gasteiger partial charge >= 0.3 is 0 Å². The van der Waals surface area contributed by atoms with Crippen molar-refractivity contribution in [2.24, 2.45) is 5.92 Å². The normalized spacial score (nSPS) is 11.2. The summed E-state index contributed by atoms with van der Waals surface area (Å²) in [6.07, 6.45) is 0.834. The van der Waals surface area contributed by atoms with Crippen LogP contribution in [0.2, 0.25) is 0 Å². The Hall–Kier alpha value is -2.12. The lowest BCUT2D eigenvalue weighted by molar-refractivity contribution is -0.118. The van der Waals surface area contributed by atoms with Crippen LogP contribution in [0.4, 0.5) is 0 Å². The van der Waals surface area contributed by atoms with Crippen LogP contribution in [-0.4, -0.2) is 27.8 Å². The van der Waals surface area contributed by atoms with Gasteiger partial charge in [0.1, 0.15) is 0 Å². The molecule has 0 radical (unpaired) electrons. The Labute approximate surface area is 166 Å². The number of thiophene rings is 1. The van der Waals surface area contributed by atoms with Gasteiger partial charge in [0.05, 0.1) is 16.7 Å². The molecule has 0 saturated heterocycles.